The monoisotopic (exact) mass is 537 g/mol. The number of hydrogen-bond acceptors (Lipinski definition) is 2. The molecule has 0 unspecified atom stereocenters. The summed E-state index contributed by atoms with van der Waals surface area (Å²) in [5, 5.41) is 10.0. The van der Waals surface area contributed by atoms with Gasteiger partial charge in [0, 0.05) is 21.0 Å². The SMILES string of the molecule is c1ccc2cc(-c3c4ccccc4c(-c4c5ccccc5nc5c4sc4ccccc45)c4ccccc34)ccc2c1. The van der Waals surface area contributed by atoms with E-state index in [1.165, 1.54) is 74.7 Å². The smallest absolute Gasteiger partial charge is 0.0902 e. The summed E-state index contributed by atoms with van der Waals surface area (Å²) < 4.78 is 2.52. The Kier molecular flexibility index (Phi) is 4.84. The van der Waals surface area contributed by atoms with E-state index in [2.05, 4.69) is 140 Å². The molecule has 0 fully saturated rings. The minimum atomic E-state index is 1.03. The molecule has 2 heterocycles. The highest BCUT2D eigenvalue weighted by Crippen LogP contribution is 2.49. The lowest BCUT2D eigenvalue weighted by Gasteiger charge is -2.19. The molecule has 0 N–H and O–H groups in total. The number of fused-ring (bicyclic) bond motifs is 7. The Balaban J connectivity index is 1.50. The van der Waals surface area contributed by atoms with Crippen molar-refractivity contribution in [2.24, 2.45) is 0 Å². The lowest BCUT2D eigenvalue weighted by atomic mass is 9.84. The number of nitrogens with zero attached hydrogens (tertiary/aromatic N) is 1. The molecule has 0 radical (unpaired) electrons. The third-order valence-electron chi connectivity index (χ3n) is 8.42. The normalized spacial score (nSPS) is 11.9. The number of benzene rings is 7. The molecule has 9 aromatic rings. The summed E-state index contributed by atoms with van der Waals surface area (Å²) in [5.74, 6) is 0. The molecule has 0 atom stereocenters. The number of aromatic nitrogens is 1. The third-order valence-corrected chi connectivity index (χ3v) is 9.60. The number of rotatable bonds is 2. The number of thiophene rings is 1. The Morgan fingerprint density at radius 3 is 1.71 bits per heavy atom. The highest BCUT2D eigenvalue weighted by atomic mass is 32.1. The summed E-state index contributed by atoms with van der Waals surface area (Å²) in [6.07, 6.45) is 0. The zero-order chi connectivity index (χ0) is 26.9. The van der Waals surface area contributed by atoms with E-state index in [-0.39, 0.29) is 0 Å². The Labute approximate surface area is 240 Å². The van der Waals surface area contributed by atoms with Crippen LogP contribution in [0.25, 0.3) is 85.8 Å². The molecule has 41 heavy (non-hydrogen) atoms. The summed E-state index contributed by atoms with van der Waals surface area (Å²) in [7, 11) is 0. The van der Waals surface area contributed by atoms with Crippen molar-refractivity contribution in [1.29, 1.82) is 0 Å². The maximum Gasteiger partial charge on any atom is 0.0902 e. The van der Waals surface area contributed by atoms with Crippen molar-refractivity contribution in [3.63, 3.8) is 0 Å². The Bertz CT molecular complexity index is 2430. The van der Waals surface area contributed by atoms with Gasteiger partial charge < -0.3 is 0 Å². The predicted molar refractivity (Wildman–Crippen MR) is 178 cm³/mol. The Morgan fingerprint density at radius 1 is 0.415 bits per heavy atom. The zero-order valence-corrected chi connectivity index (χ0v) is 23.0. The van der Waals surface area contributed by atoms with Crippen LogP contribution in [-0.4, -0.2) is 4.98 Å². The van der Waals surface area contributed by atoms with Gasteiger partial charge in [0.25, 0.3) is 0 Å². The number of para-hydroxylation sites is 1. The van der Waals surface area contributed by atoms with Gasteiger partial charge in [-0.2, -0.15) is 0 Å². The van der Waals surface area contributed by atoms with Crippen molar-refractivity contribution < 1.29 is 0 Å². The van der Waals surface area contributed by atoms with E-state index in [1.54, 1.807) is 0 Å². The predicted octanol–water partition coefficient (Wildman–Crippen LogP) is 11.4. The molecule has 0 aliphatic rings. The maximum absolute atomic E-state index is 5.22. The highest BCUT2D eigenvalue weighted by Gasteiger charge is 2.22. The molecule has 190 valence electrons. The van der Waals surface area contributed by atoms with Crippen molar-refractivity contribution in [2.45, 2.75) is 0 Å². The molecule has 2 heteroatoms. The molecular formula is C39H23NS. The van der Waals surface area contributed by atoms with Crippen molar-refractivity contribution in [3.05, 3.63) is 140 Å². The first-order valence-electron chi connectivity index (χ1n) is 14.0. The molecule has 9 rings (SSSR count). The average molecular weight is 538 g/mol. The van der Waals surface area contributed by atoms with Crippen LogP contribution in [-0.2, 0) is 0 Å². The third kappa shape index (κ3) is 3.32. The molecule has 0 amide bonds. The minimum absolute atomic E-state index is 1.03. The van der Waals surface area contributed by atoms with Crippen LogP contribution in [0.3, 0.4) is 0 Å². The first-order valence-corrected chi connectivity index (χ1v) is 14.8. The molecule has 0 aliphatic heterocycles. The van der Waals surface area contributed by atoms with Crippen LogP contribution in [0, 0.1) is 0 Å². The fourth-order valence-corrected chi connectivity index (χ4v) is 7.85. The van der Waals surface area contributed by atoms with Gasteiger partial charge in [0.2, 0.25) is 0 Å². The summed E-state index contributed by atoms with van der Waals surface area (Å²) >= 11 is 1.85. The fourth-order valence-electron chi connectivity index (χ4n) is 6.64. The van der Waals surface area contributed by atoms with Gasteiger partial charge in [-0.1, -0.05) is 121 Å². The average Bonchev–Trinajstić information content (AvgIpc) is 3.41. The molecule has 2 aromatic heterocycles. The zero-order valence-electron chi connectivity index (χ0n) is 22.1. The maximum atomic E-state index is 5.22. The molecule has 1 nitrogen and oxygen atoms in total. The summed E-state index contributed by atoms with van der Waals surface area (Å²) in [4.78, 5) is 5.22. The van der Waals surface area contributed by atoms with Gasteiger partial charge in [-0.3, -0.25) is 0 Å². The van der Waals surface area contributed by atoms with E-state index < -0.39 is 0 Å². The van der Waals surface area contributed by atoms with E-state index in [9.17, 15) is 0 Å². The van der Waals surface area contributed by atoms with E-state index in [1.807, 2.05) is 11.3 Å². The highest BCUT2D eigenvalue weighted by molar-refractivity contribution is 7.26. The summed E-state index contributed by atoms with van der Waals surface area (Å²) in [6, 6.07) is 50.7. The van der Waals surface area contributed by atoms with Crippen molar-refractivity contribution >= 4 is 74.9 Å². The number of pyridine rings is 1. The second kappa shape index (κ2) is 8.72. The molecule has 0 saturated carbocycles. The second-order valence-corrected chi connectivity index (χ2v) is 11.7. The van der Waals surface area contributed by atoms with Gasteiger partial charge in [0.05, 0.1) is 15.7 Å². The van der Waals surface area contributed by atoms with Crippen LogP contribution in [0.15, 0.2) is 140 Å². The van der Waals surface area contributed by atoms with Gasteiger partial charge in [-0.25, -0.2) is 4.98 Å². The first kappa shape index (κ1) is 22.7. The standard InChI is InChI=1S/C39H23NS/c1-2-12-25-23-26(22-21-24(25)11-1)35-27-13-3-5-15-29(27)36(30-16-6-4-14-28(30)35)37-31-17-7-9-19-33(31)40-38-32-18-8-10-20-34(32)41-39(37)38/h1-23H. The molecule has 7 aromatic carbocycles. The first-order chi connectivity index (χ1) is 20.3. The van der Waals surface area contributed by atoms with Crippen LogP contribution >= 0.6 is 11.3 Å². The molecular weight excluding hydrogens is 515 g/mol. The van der Waals surface area contributed by atoms with Gasteiger partial charge in [-0.05, 0) is 67.2 Å². The number of hydrogen-bond donors (Lipinski definition) is 0. The van der Waals surface area contributed by atoms with Gasteiger partial charge >= 0.3 is 0 Å². The van der Waals surface area contributed by atoms with Crippen molar-refractivity contribution in [3.8, 4) is 22.3 Å². The molecule has 0 aliphatic carbocycles. The fraction of sp³-hybridized carbons (Fsp3) is 0. The van der Waals surface area contributed by atoms with Crippen molar-refractivity contribution in [2.75, 3.05) is 0 Å². The van der Waals surface area contributed by atoms with Crippen LogP contribution in [0.5, 0.6) is 0 Å². The molecule has 0 bridgehead atoms. The largest absolute Gasteiger partial charge is 0.246 e. The van der Waals surface area contributed by atoms with Gasteiger partial charge in [0.15, 0.2) is 0 Å². The van der Waals surface area contributed by atoms with Crippen LogP contribution in [0.2, 0.25) is 0 Å². The molecule has 0 spiro atoms. The van der Waals surface area contributed by atoms with Crippen LogP contribution < -0.4 is 0 Å². The molecule has 0 saturated heterocycles. The Hall–Kier alpha value is -5.05. The van der Waals surface area contributed by atoms with Crippen LogP contribution in [0.4, 0.5) is 0 Å². The second-order valence-electron chi connectivity index (χ2n) is 10.7. The van der Waals surface area contributed by atoms with E-state index in [4.69, 9.17) is 4.98 Å². The van der Waals surface area contributed by atoms with E-state index >= 15 is 0 Å². The Morgan fingerprint density at radius 2 is 0.976 bits per heavy atom. The minimum Gasteiger partial charge on any atom is -0.246 e. The van der Waals surface area contributed by atoms with Gasteiger partial charge in [0.1, 0.15) is 0 Å². The van der Waals surface area contributed by atoms with Crippen molar-refractivity contribution in [1.82, 2.24) is 4.98 Å². The quantitative estimate of drug-likeness (QED) is 0.200. The van der Waals surface area contributed by atoms with E-state index in [0.29, 0.717) is 0 Å². The van der Waals surface area contributed by atoms with Gasteiger partial charge in [-0.15, -0.1) is 11.3 Å². The van der Waals surface area contributed by atoms with Crippen LogP contribution in [0.1, 0.15) is 0 Å². The lowest BCUT2D eigenvalue weighted by molar-refractivity contribution is 1.53. The summed E-state index contributed by atoms with van der Waals surface area (Å²) in [6.45, 7) is 0. The summed E-state index contributed by atoms with van der Waals surface area (Å²) in [5.41, 5.74) is 7.22. The van der Waals surface area contributed by atoms with E-state index in [0.717, 1.165) is 11.0 Å². The lowest BCUT2D eigenvalue weighted by Crippen LogP contribution is -1.93. The topological polar surface area (TPSA) is 12.9 Å².